The Hall–Kier alpha value is -2.00. The smallest absolute Gasteiger partial charge is 0.339 e. The van der Waals surface area contributed by atoms with Gasteiger partial charge in [0.25, 0.3) is 10.0 Å². The Morgan fingerprint density at radius 2 is 2.20 bits per heavy atom. The first-order chi connectivity index (χ1) is 9.24. The van der Waals surface area contributed by atoms with Gasteiger partial charge < -0.3 is 10.1 Å². The summed E-state index contributed by atoms with van der Waals surface area (Å²) < 4.78 is 27.7. The van der Waals surface area contributed by atoms with Gasteiger partial charge in [-0.1, -0.05) is 11.6 Å². The van der Waals surface area contributed by atoms with Crippen LogP contribution in [0.15, 0.2) is 17.4 Å². The van der Waals surface area contributed by atoms with Gasteiger partial charge >= 0.3 is 5.97 Å². The number of hydrogen-bond donors (Lipinski definition) is 3. The van der Waals surface area contributed by atoms with Crippen molar-refractivity contribution in [1.29, 1.82) is 0 Å². The minimum absolute atomic E-state index is 0.0517. The van der Waals surface area contributed by atoms with Crippen LogP contribution in [0, 0.1) is 6.92 Å². The van der Waals surface area contributed by atoms with Crippen molar-refractivity contribution in [1.82, 2.24) is 14.8 Å². The van der Waals surface area contributed by atoms with Gasteiger partial charge in [0.05, 0.1) is 16.9 Å². The van der Waals surface area contributed by atoms with Crippen LogP contribution in [0.5, 0.6) is 0 Å². The van der Waals surface area contributed by atoms with Crippen LogP contribution in [0.2, 0.25) is 5.02 Å². The van der Waals surface area contributed by atoms with Crippen LogP contribution in [0.4, 0.5) is 5.69 Å². The molecule has 0 amide bonds. The summed E-state index contributed by atoms with van der Waals surface area (Å²) in [6.07, 6.45) is 2.46. The van der Waals surface area contributed by atoms with Crippen molar-refractivity contribution in [3.05, 3.63) is 28.7 Å². The van der Waals surface area contributed by atoms with Crippen molar-refractivity contribution in [2.75, 3.05) is 4.72 Å². The number of nitrogens with zero attached hydrogens (tertiary/aromatic N) is 2. The molecule has 2 aromatic heterocycles. The average molecular weight is 319 g/mol. The lowest BCUT2D eigenvalue weighted by Crippen LogP contribution is -2.18. The van der Waals surface area contributed by atoms with Crippen LogP contribution >= 0.6 is 11.6 Å². The second-order valence-corrected chi connectivity index (χ2v) is 6.04. The largest absolute Gasteiger partial charge is 0.478 e. The topological polar surface area (TPSA) is 117 Å². The SMILES string of the molecule is Cc1[nH]cc(NS(=O)(=O)c2c(Cl)cnn2C)c1C(=O)O. The minimum atomic E-state index is -4.04. The van der Waals surface area contributed by atoms with Crippen molar-refractivity contribution in [3.63, 3.8) is 0 Å². The molecule has 0 unspecified atom stereocenters. The zero-order valence-corrected chi connectivity index (χ0v) is 12.1. The number of sulfonamides is 1. The Morgan fingerprint density at radius 1 is 1.55 bits per heavy atom. The molecule has 20 heavy (non-hydrogen) atoms. The summed E-state index contributed by atoms with van der Waals surface area (Å²) in [6, 6.07) is 0. The molecular formula is C10H11ClN4O4S. The van der Waals surface area contributed by atoms with Crippen molar-refractivity contribution < 1.29 is 18.3 Å². The number of aromatic carboxylic acids is 1. The zero-order chi connectivity index (χ0) is 15.1. The Bertz CT molecular complexity index is 758. The van der Waals surface area contributed by atoms with Gasteiger partial charge in [0.2, 0.25) is 0 Å². The number of halogens is 1. The molecule has 0 aliphatic rings. The second kappa shape index (κ2) is 4.84. The van der Waals surface area contributed by atoms with Crippen LogP contribution < -0.4 is 4.72 Å². The maximum absolute atomic E-state index is 12.2. The first-order valence-electron chi connectivity index (χ1n) is 5.35. The van der Waals surface area contributed by atoms with E-state index in [1.807, 2.05) is 0 Å². The fraction of sp³-hybridized carbons (Fsp3) is 0.200. The predicted octanol–water partition coefficient (Wildman–Crippen LogP) is 1.21. The number of aromatic amines is 1. The molecule has 0 atom stereocenters. The summed E-state index contributed by atoms with van der Waals surface area (Å²) in [6.45, 7) is 1.53. The molecule has 0 aromatic carbocycles. The van der Waals surface area contributed by atoms with Crippen LogP contribution in [-0.2, 0) is 17.1 Å². The number of hydrogen-bond acceptors (Lipinski definition) is 4. The zero-order valence-electron chi connectivity index (χ0n) is 10.5. The number of nitrogens with one attached hydrogen (secondary N) is 2. The van der Waals surface area contributed by atoms with Gasteiger partial charge in [-0.05, 0) is 6.92 Å². The molecule has 2 aromatic rings. The molecule has 108 valence electrons. The standard InChI is InChI=1S/C10H11ClN4O4S/c1-5-8(10(16)17)7(4-12-5)14-20(18,19)9-6(11)3-13-15(9)2/h3-4,12,14H,1-2H3,(H,16,17). The number of carbonyl (C=O) groups is 1. The van der Waals surface area contributed by atoms with Crippen molar-refractivity contribution in [2.24, 2.45) is 7.05 Å². The third-order valence-corrected chi connectivity index (χ3v) is 4.50. The molecular weight excluding hydrogens is 308 g/mol. The molecule has 0 saturated carbocycles. The fourth-order valence-corrected chi connectivity index (χ4v) is 3.50. The van der Waals surface area contributed by atoms with Crippen LogP contribution in [0.1, 0.15) is 16.1 Å². The Labute approximate surface area is 119 Å². The highest BCUT2D eigenvalue weighted by Crippen LogP contribution is 2.25. The summed E-state index contributed by atoms with van der Waals surface area (Å²) in [7, 11) is -2.62. The van der Waals surface area contributed by atoms with Crippen molar-refractivity contribution in [2.45, 2.75) is 11.9 Å². The third kappa shape index (κ3) is 2.37. The van der Waals surface area contributed by atoms with Gasteiger partial charge in [-0.15, -0.1) is 0 Å². The Morgan fingerprint density at radius 3 is 2.70 bits per heavy atom. The summed E-state index contributed by atoms with van der Waals surface area (Å²) in [5.41, 5.74) is 0.130. The molecule has 8 nitrogen and oxygen atoms in total. The number of aromatic nitrogens is 3. The van der Waals surface area contributed by atoms with E-state index in [1.165, 1.54) is 26.4 Å². The summed E-state index contributed by atoms with van der Waals surface area (Å²) in [5.74, 6) is -1.24. The van der Waals surface area contributed by atoms with E-state index >= 15 is 0 Å². The van der Waals surface area contributed by atoms with Crippen molar-refractivity contribution >= 4 is 33.3 Å². The number of aryl methyl sites for hydroxylation is 2. The van der Waals surface area contributed by atoms with Crippen LogP contribution in [-0.4, -0.2) is 34.3 Å². The van der Waals surface area contributed by atoms with E-state index in [4.69, 9.17) is 16.7 Å². The molecule has 0 radical (unpaired) electrons. The minimum Gasteiger partial charge on any atom is -0.478 e. The monoisotopic (exact) mass is 318 g/mol. The number of rotatable bonds is 4. The van der Waals surface area contributed by atoms with E-state index in [9.17, 15) is 13.2 Å². The molecule has 2 rings (SSSR count). The van der Waals surface area contributed by atoms with Gasteiger partial charge in [0.1, 0.15) is 5.56 Å². The first kappa shape index (κ1) is 14.4. The number of anilines is 1. The van der Waals surface area contributed by atoms with Crippen molar-refractivity contribution in [3.8, 4) is 0 Å². The molecule has 10 heteroatoms. The molecule has 0 saturated heterocycles. The molecule has 0 spiro atoms. The maximum Gasteiger partial charge on any atom is 0.339 e. The summed E-state index contributed by atoms with van der Waals surface area (Å²) in [4.78, 5) is 13.8. The average Bonchev–Trinajstić information content (AvgIpc) is 2.82. The third-order valence-electron chi connectivity index (χ3n) is 2.63. The van der Waals surface area contributed by atoms with E-state index in [0.29, 0.717) is 5.69 Å². The van der Waals surface area contributed by atoms with Crippen LogP contribution in [0.25, 0.3) is 0 Å². The molecule has 0 aliphatic heterocycles. The molecule has 0 bridgehead atoms. The van der Waals surface area contributed by atoms with Gasteiger partial charge in [0, 0.05) is 18.9 Å². The predicted molar refractivity (Wildman–Crippen MR) is 71.5 cm³/mol. The van der Waals surface area contributed by atoms with E-state index < -0.39 is 16.0 Å². The van der Waals surface area contributed by atoms with E-state index in [0.717, 1.165) is 4.68 Å². The van der Waals surface area contributed by atoms with E-state index in [2.05, 4.69) is 14.8 Å². The molecule has 0 aliphatic carbocycles. The Balaban J connectivity index is 2.47. The lowest BCUT2D eigenvalue weighted by Gasteiger charge is -2.08. The Kier molecular flexibility index (Phi) is 3.48. The molecule has 0 fully saturated rings. The summed E-state index contributed by atoms with van der Waals surface area (Å²) in [5, 5.41) is 12.5. The molecule has 3 N–H and O–H groups in total. The second-order valence-electron chi connectivity index (χ2n) is 4.03. The summed E-state index contributed by atoms with van der Waals surface area (Å²) >= 11 is 5.78. The quantitative estimate of drug-likeness (QED) is 0.783. The number of carboxylic acid groups (broad SMARTS) is 1. The lowest BCUT2D eigenvalue weighted by atomic mass is 10.2. The van der Waals surface area contributed by atoms with E-state index in [1.54, 1.807) is 0 Å². The highest BCUT2D eigenvalue weighted by molar-refractivity contribution is 7.92. The van der Waals surface area contributed by atoms with Gasteiger partial charge in [-0.25, -0.2) is 4.79 Å². The van der Waals surface area contributed by atoms with Gasteiger partial charge in [-0.3, -0.25) is 9.40 Å². The van der Waals surface area contributed by atoms with Gasteiger partial charge in [-0.2, -0.15) is 13.5 Å². The maximum atomic E-state index is 12.2. The fourth-order valence-electron chi connectivity index (χ4n) is 1.78. The highest BCUT2D eigenvalue weighted by Gasteiger charge is 2.26. The van der Waals surface area contributed by atoms with Gasteiger partial charge in [0.15, 0.2) is 5.03 Å². The lowest BCUT2D eigenvalue weighted by molar-refractivity contribution is 0.0697. The van der Waals surface area contributed by atoms with E-state index in [-0.39, 0.29) is 21.3 Å². The molecule has 2 heterocycles. The number of H-pyrrole nitrogens is 1. The first-order valence-corrected chi connectivity index (χ1v) is 7.21. The van der Waals surface area contributed by atoms with Crippen LogP contribution in [0.3, 0.4) is 0 Å². The number of carboxylic acids is 1. The normalized spacial score (nSPS) is 11.6. The highest BCUT2D eigenvalue weighted by atomic mass is 35.5.